The van der Waals surface area contributed by atoms with Crippen molar-refractivity contribution in [1.29, 1.82) is 0 Å². The van der Waals surface area contributed by atoms with Crippen molar-refractivity contribution in [3.05, 3.63) is 52.4 Å². The summed E-state index contributed by atoms with van der Waals surface area (Å²) >= 11 is 12.7. The van der Waals surface area contributed by atoms with E-state index in [2.05, 4.69) is 59.8 Å². The van der Waals surface area contributed by atoms with Gasteiger partial charge in [0.1, 0.15) is 5.75 Å². The number of ether oxygens (including phenoxy) is 2. The number of aromatic amines is 1. The molecule has 1 aromatic carbocycles. The van der Waals surface area contributed by atoms with Gasteiger partial charge in [0, 0.05) is 22.6 Å². The molecule has 1 aromatic heterocycles. The number of esters is 1. The molecule has 0 spiro atoms. The number of hydrogen-bond donors (Lipinski definition) is 4. The number of thiol groups is 1. The van der Waals surface area contributed by atoms with Crippen molar-refractivity contribution >= 4 is 58.1 Å². The number of halogens is 1. The second-order valence-electron chi connectivity index (χ2n) is 8.01. The largest absolute Gasteiger partial charge is 1.00 e. The Bertz CT molecular complexity index is 1000. The molecule has 1 saturated heterocycles. The van der Waals surface area contributed by atoms with Crippen LogP contribution in [-0.2, 0) is 26.0 Å². The molecule has 1 aliphatic heterocycles. The summed E-state index contributed by atoms with van der Waals surface area (Å²) in [6.45, 7) is 11.7. The Morgan fingerprint density at radius 3 is 2.35 bits per heavy atom. The van der Waals surface area contributed by atoms with Crippen molar-refractivity contribution in [1.82, 2.24) is 10.3 Å². The number of benzene rings is 1. The number of pyridine rings is 1. The summed E-state index contributed by atoms with van der Waals surface area (Å²) in [5.74, 6) is 1.99. The van der Waals surface area contributed by atoms with Gasteiger partial charge < -0.3 is 48.8 Å². The zero-order chi connectivity index (χ0) is 27.7. The van der Waals surface area contributed by atoms with Gasteiger partial charge >= 0.3 is 57.4 Å². The molecule has 0 radical (unpaired) electrons. The van der Waals surface area contributed by atoms with Gasteiger partial charge in [-0.05, 0) is 63.3 Å². The molecule has 4 atom stereocenters. The van der Waals surface area contributed by atoms with Crippen LogP contribution in [0.25, 0.3) is 10.8 Å². The van der Waals surface area contributed by atoms with Crippen LogP contribution in [0.3, 0.4) is 0 Å². The molecule has 2 fully saturated rings. The summed E-state index contributed by atoms with van der Waals surface area (Å²) in [6, 6.07) is 5.88. The molecule has 4 unspecified atom stereocenters. The fraction of sp³-hybridized carbons (Fsp3) is 0.480. The number of allylic oxidation sites excluding steroid dienone is 1. The number of aromatic nitrogens is 1. The third kappa shape index (κ3) is 14.5. The van der Waals surface area contributed by atoms with Gasteiger partial charge in [0.25, 0.3) is 5.56 Å². The Morgan fingerprint density at radius 1 is 1.32 bits per heavy atom. The third-order valence-electron chi connectivity index (χ3n) is 5.70. The molecule has 37 heavy (non-hydrogen) atoms. The second kappa shape index (κ2) is 22.3. The number of amides is 1. The van der Waals surface area contributed by atoms with Crippen molar-refractivity contribution in [2.24, 2.45) is 23.5 Å². The van der Waals surface area contributed by atoms with E-state index in [1.807, 2.05) is 13.0 Å². The molecule has 202 valence electrons. The Hall–Kier alpha value is -0.504. The van der Waals surface area contributed by atoms with E-state index in [9.17, 15) is 9.59 Å². The minimum atomic E-state index is -0.164. The van der Waals surface area contributed by atoms with Crippen LogP contribution in [0.1, 0.15) is 33.6 Å². The quantitative estimate of drug-likeness (QED) is 0.0790. The summed E-state index contributed by atoms with van der Waals surface area (Å²) in [5.41, 5.74) is 4.00. The molecule has 8 nitrogen and oxygen atoms in total. The summed E-state index contributed by atoms with van der Waals surface area (Å²) in [5, 5.41) is 5.21. The predicted molar refractivity (Wildman–Crippen MR) is 152 cm³/mol. The van der Waals surface area contributed by atoms with E-state index in [4.69, 9.17) is 25.9 Å². The smallest absolute Gasteiger partial charge is 0.723 e. The molecule has 0 bridgehead atoms. The van der Waals surface area contributed by atoms with Gasteiger partial charge in [-0.15, -0.1) is 6.58 Å². The molecular formula is C25H37ClKN3O5S2. The number of nitrogens with one attached hydrogen (secondary N) is 2. The number of rotatable bonds is 4. The van der Waals surface area contributed by atoms with Crippen molar-refractivity contribution in [3.63, 3.8) is 0 Å². The van der Waals surface area contributed by atoms with E-state index in [1.165, 1.54) is 13.0 Å². The van der Waals surface area contributed by atoms with Crippen LogP contribution >= 0.6 is 23.3 Å². The van der Waals surface area contributed by atoms with Gasteiger partial charge in [0.15, 0.2) is 0 Å². The minimum absolute atomic E-state index is 0. The summed E-state index contributed by atoms with van der Waals surface area (Å²) in [7, 11) is 1.56. The summed E-state index contributed by atoms with van der Waals surface area (Å²) in [4.78, 5) is 33.5. The maximum atomic E-state index is 11.4. The first-order chi connectivity index (χ1) is 17.2. The number of methoxy groups -OCH3 is 1. The normalized spacial score (nSPS) is 20.3. The SMILES string of the molecule is C=CC1CC1C(=O)OCC.CC1CCNC1C.COc1c[nH]c(=O)c2cc(Cl)ccc12.NC=O.[K+].[S-]S. The average molecular weight is 598 g/mol. The molecule has 2 aromatic rings. The number of hydrogen-bond acceptors (Lipinski definition) is 8. The monoisotopic (exact) mass is 597 g/mol. The molecule has 2 aliphatic rings. The van der Waals surface area contributed by atoms with Crippen molar-refractivity contribution in [2.75, 3.05) is 20.3 Å². The van der Waals surface area contributed by atoms with E-state index >= 15 is 0 Å². The Morgan fingerprint density at radius 2 is 1.95 bits per heavy atom. The Balaban J connectivity index is 0. The maximum absolute atomic E-state index is 11.4. The Kier molecular flexibility index (Phi) is 23.3. The molecule has 4 N–H and O–H groups in total. The zero-order valence-corrected chi connectivity index (χ0v) is 27.8. The molecule has 12 heteroatoms. The number of carbonyl (C=O) groups is 2. The molecule has 4 rings (SSSR count). The molecule has 2 heterocycles. The van der Waals surface area contributed by atoms with Crippen LogP contribution < -0.4 is 72.7 Å². The zero-order valence-electron chi connectivity index (χ0n) is 22.2. The molecule has 1 amide bonds. The van der Waals surface area contributed by atoms with Gasteiger partial charge in [-0.25, -0.2) is 0 Å². The van der Waals surface area contributed by atoms with Crippen LogP contribution in [0.2, 0.25) is 5.02 Å². The second-order valence-corrected chi connectivity index (χ2v) is 8.45. The van der Waals surface area contributed by atoms with Crippen LogP contribution in [0.5, 0.6) is 5.75 Å². The van der Waals surface area contributed by atoms with E-state index in [-0.39, 0.29) is 75.2 Å². The standard InChI is InChI=1S/C10H8ClNO2.C8H12O2.C6H13N.CH3NO.K.H2S2/c1-14-9-5-12-10(13)8-4-6(11)2-3-7(8)9;1-3-6-5-7(6)8(9)10-4-2;1-5-3-4-7-6(5)2;2-1-3;;1-2/h2-5H,1H3,(H,12,13);3,6-7H,1,4-5H2,2H3;5-7H,3-4H2,1-2H3;1H,(H2,2,3);;1-2H/q;;;;+1;/p-1. The van der Waals surface area contributed by atoms with Crippen molar-refractivity contribution in [2.45, 2.75) is 39.7 Å². The number of primary amides is 1. The first-order valence-electron chi connectivity index (χ1n) is 11.4. The first kappa shape index (κ1) is 38.6. The fourth-order valence-electron chi connectivity index (χ4n) is 3.36. The molecule has 1 saturated carbocycles. The van der Waals surface area contributed by atoms with E-state index in [0.717, 1.165) is 23.8 Å². The number of nitrogens with two attached hydrogens (primary N) is 1. The third-order valence-corrected chi connectivity index (χ3v) is 5.93. The summed E-state index contributed by atoms with van der Waals surface area (Å²) < 4.78 is 9.92. The summed E-state index contributed by atoms with van der Waals surface area (Å²) in [6.07, 6.45) is 5.91. The molecular weight excluding hydrogens is 561 g/mol. The number of H-pyrrole nitrogens is 1. The fourth-order valence-corrected chi connectivity index (χ4v) is 3.53. The molecule has 1 aliphatic carbocycles. The Labute approximate surface area is 277 Å². The van der Waals surface area contributed by atoms with Crippen LogP contribution in [0.4, 0.5) is 0 Å². The van der Waals surface area contributed by atoms with Gasteiger partial charge in [0.05, 0.1) is 25.0 Å². The van der Waals surface area contributed by atoms with Crippen molar-refractivity contribution < 1.29 is 70.4 Å². The minimum Gasteiger partial charge on any atom is -0.723 e. The average Bonchev–Trinajstić information content (AvgIpc) is 3.59. The van der Waals surface area contributed by atoms with Gasteiger partial charge in [-0.1, -0.05) is 24.6 Å². The van der Waals surface area contributed by atoms with E-state index in [1.54, 1.807) is 31.5 Å². The number of carbonyl (C=O) groups excluding carboxylic acids is 2. The van der Waals surface area contributed by atoms with Gasteiger partial charge in [-0.2, -0.15) is 0 Å². The van der Waals surface area contributed by atoms with E-state index in [0.29, 0.717) is 28.7 Å². The number of fused-ring (bicyclic) bond motifs is 1. The van der Waals surface area contributed by atoms with Gasteiger partial charge in [-0.3, -0.25) is 14.4 Å². The van der Waals surface area contributed by atoms with E-state index < -0.39 is 0 Å². The van der Waals surface area contributed by atoms with Gasteiger partial charge in [0.2, 0.25) is 6.41 Å². The van der Waals surface area contributed by atoms with Crippen LogP contribution in [0.15, 0.2) is 41.8 Å². The van der Waals surface area contributed by atoms with Crippen LogP contribution in [-0.4, -0.2) is 43.7 Å². The topological polar surface area (TPSA) is 124 Å². The predicted octanol–water partition coefficient (Wildman–Crippen LogP) is 1.05. The van der Waals surface area contributed by atoms with Crippen LogP contribution in [0, 0.1) is 17.8 Å². The maximum Gasteiger partial charge on any atom is 1.00 e. The first-order valence-corrected chi connectivity index (χ1v) is 13.3. The van der Waals surface area contributed by atoms with Crippen molar-refractivity contribution in [3.8, 4) is 5.75 Å².